The van der Waals surface area contributed by atoms with Gasteiger partial charge >= 0.3 is 0 Å². The van der Waals surface area contributed by atoms with Crippen molar-refractivity contribution in [2.24, 2.45) is 4.99 Å². The Kier molecular flexibility index (Phi) is 9.10. The third-order valence-electron chi connectivity index (χ3n) is 4.27. The van der Waals surface area contributed by atoms with E-state index >= 15 is 0 Å². The first-order valence-corrected chi connectivity index (χ1v) is 9.54. The van der Waals surface area contributed by atoms with Gasteiger partial charge in [0.2, 0.25) is 5.89 Å². The Balaban J connectivity index is 0.00000320. The van der Waals surface area contributed by atoms with Crippen LogP contribution < -0.4 is 15.5 Å². The highest BCUT2D eigenvalue weighted by Crippen LogP contribution is 2.19. The molecule has 0 aliphatic rings. The van der Waals surface area contributed by atoms with E-state index in [1.54, 1.807) is 17.2 Å². The number of rotatable bonds is 7. The summed E-state index contributed by atoms with van der Waals surface area (Å²) in [4.78, 5) is 10.8. The number of halogens is 2. The fourth-order valence-corrected chi connectivity index (χ4v) is 2.80. The Morgan fingerprint density at radius 1 is 1.13 bits per heavy atom. The molecule has 0 saturated carbocycles. The molecule has 0 atom stereocenters. The first-order valence-electron chi connectivity index (χ1n) is 9.54. The van der Waals surface area contributed by atoms with E-state index in [-0.39, 0.29) is 29.8 Å². The molecule has 0 radical (unpaired) electrons. The fourth-order valence-electron chi connectivity index (χ4n) is 2.80. The molecule has 0 aliphatic carbocycles. The Hall–Kier alpha value is -2.62. The van der Waals surface area contributed by atoms with Crippen LogP contribution in [0.4, 0.5) is 10.1 Å². The third-order valence-corrected chi connectivity index (χ3v) is 4.27. The number of aliphatic imine (C=N–C) groups is 1. The van der Waals surface area contributed by atoms with E-state index < -0.39 is 0 Å². The van der Waals surface area contributed by atoms with E-state index in [0.29, 0.717) is 37.2 Å². The van der Waals surface area contributed by atoms with Gasteiger partial charge in [-0.25, -0.2) is 14.4 Å². The molecule has 0 unspecified atom stereocenters. The van der Waals surface area contributed by atoms with Gasteiger partial charge in [0.15, 0.2) is 5.96 Å². The van der Waals surface area contributed by atoms with Gasteiger partial charge < -0.3 is 20.0 Å². The second-order valence-corrected chi connectivity index (χ2v) is 6.74. The maximum absolute atomic E-state index is 14.1. The van der Waals surface area contributed by atoms with E-state index in [9.17, 15) is 4.39 Å². The van der Waals surface area contributed by atoms with Crippen LogP contribution in [0.5, 0.6) is 0 Å². The molecule has 6 nitrogen and oxygen atoms in total. The summed E-state index contributed by atoms with van der Waals surface area (Å²) in [7, 11) is 3.63. The lowest BCUT2D eigenvalue weighted by atomic mass is 10.2. The van der Waals surface area contributed by atoms with E-state index in [1.807, 2.05) is 57.4 Å². The highest BCUT2D eigenvalue weighted by atomic mass is 127. The lowest BCUT2D eigenvalue weighted by molar-refractivity contribution is 0.572. The van der Waals surface area contributed by atoms with Crippen molar-refractivity contribution in [1.82, 2.24) is 15.6 Å². The number of guanidine groups is 1. The average Bonchev–Trinajstić information content (AvgIpc) is 3.19. The van der Waals surface area contributed by atoms with E-state index in [2.05, 4.69) is 20.6 Å². The summed E-state index contributed by atoms with van der Waals surface area (Å²) in [5.41, 5.74) is 3.07. The largest absolute Gasteiger partial charge is 0.444 e. The van der Waals surface area contributed by atoms with E-state index in [1.165, 1.54) is 6.07 Å². The number of anilines is 1. The molecule has 0 bridgehead atoms. The number of benzene rings is 2. The third kappa shape index (κ3) is 6.45. The lowest BCUT2D eigenvalue weighted by Crippen LogP contribution is -2.36. The second kappa shape index (κ2) is 11.5. The first-order chi connectivity index (χ1) is 14.1. The monoisotopic (exact) mass is 523 g/mol. The van der Waals surface area contributed by atoms with Gasteiger partial charge in [-0.15, -0.1) is 24.0 Å². The number of oxazole rings is 1. The minimum absolute atomic E-state index is 0. The number of hydrogen-bond acceptors (Lipinski definition) is 4. The zero-order valence-electron chi connectivity index (χ0n) is 17.4. The van der Waals surface area contributed by atoms with Crippen molar-refractivity contribution in [2.75, 3.05) is 25.5 Å². The summed E-state index contributed by atoms with van der Waals surface area (Å²) in [6.07, 6.45) is 1.63. The van der Waals surface area contributed by atoms with Crippen LogP contribution in [-0.2, 0) is 13.1 Å². The molecule has 0 fully saturated rings. The Morgan fingerprint density at radius 2 is 1.90 bits per heavy atom. The molecule has 3 aromatic rings. The Morgan fingerprint density at radius 3 is 2.57 bits per heavy atom. The van der Waals surface area contributed by atoms with Gasteiger partial charge in [-0.3, -0.25) is 0 Å². The minimum atomic E-state index is -0.253. The molecular formula is C22H27FIN5O. The quantitative estimate of drug-likeness (QED) is 0.273. The molecule has 30 heavy (non-hydrogen) atoms. The van der Waals surface area contributed by atoms with Crippen molar-refractivity contribution in [3.8, 4) is 11.5 Å². The molecule has 2 aromatic carbocycles. The van der Waals surface area contributed by atoms with E-state index in [4.69, 9.17) is 4.42 Å². The zero-order chi connectivity index (χ0) is 20.6. The number of aromatic nitrogens is 1. The summed E-state index contributed by atoms with van der Waals surface area (Å²) in [5, 5.41) is 6.41. The van der Waals surface area contributed by atoms with Crippen molar-refractivity contribution >= 4 is 35.6 Å². The van der Waals surface area contributed by atoms with Crippen LogP contribution >= 0.6 is 24.0 Å². The molecule has 0 spiro atoms. The topological polar surface area (TPSA) is 65.7 Å². The van der Waals surface area contributed by atoms with E-state index in [0.717, 1.165) is 16.8 Å². The fraction of sp³-hybridized carbons (Fsp3) is 0.273. The van der Waals surface area contributed by atoms with Crippen LogP contribution in [0.3, 0.4) is 0 Å². The highest BCUT2D eigenvalue weighted by Gasteiger charge is 2.08. The van der Waals surface area contributed by atoms with Crippen LogP contribution in [0.15, 0.2) is 64.2 Å². The standard InChI is InChI=1S/C22H26FN5O.HI/c1-4-24-22(25-13-16-10-11-20(28(2)3)19(23)12-16)26-14-18-15-29-21(27-18)17-8-6-5-7-9-17;/h5-12,15H,4,13-14H2,1-3H3,(H2,24,25,26);1H. The molecule has 1 heterocycles. The predicted molar refractivity (Wildman–Crippen MR) is 130 cm³/mol. The minimum Gasteiger partial charge on any atom is -0.444 e. The SMILES string of the molecule is CCNC(=NCc1ccc(N(C)C)c(F)c1)NCc1coc(-c2ccccc2)n1.I. The molecule has 0 amide bonds. The molecule has 0 aliphatic heterocycles. The van der Waals surface area contributed by atoms with Crippen molar-refractivity contribution in [1.29, 1.82) is 0 Å². The predicted octanol–water partition coefficient (Wildman–Crippen LogP) is 4.42. The maximum atomic E-state index is 14.1. The van der Waals surface area contributed by atoms with Gasteiger partial charge in [0, 0.05) is 26.2 Å². The number of hydrogen-bond donors (Lipinski definition) is 2. The first kappa shape index (κ1) is 23.7. The Bertz CT molecular complexity index is 959. The second-order valence-electron chi connectivity index (χ2n) is 6.74. The van der Waals surface area contributed by atoms with Gasteiger partial charge in [-0.1, -0.05) is 24.3 Å². The summed E-state index contributed by atoms with van der Waals surface area (Å²) in [6, 6.07) is 14.9. The molecule has 8 heteroatoms. The van der Waals surface area contributed by atoms with Gasteiger partial charge in [-0.2, -0.15) is 0 Å². The van der Waals surface area contributed by atoms with Crippen LogP contribution in [0, 0.1) is 5.82 Å². The summed E-state index contributed by atoms with van der Waals surface area (Å²) in [6.45, 7) is 3.55. The van der Waals surface area contributed by atoms with Crippen molar-refractivity contribution < 1.29 is 8.81 Å². The molecule has 160 valence electrons. The maximum Gasteiger partial charge on any atom is 0.226 e. The van der Waals surface area contributed by atoms with Crippen molar-refractivity contribution in [3.05, 3.63) is 71.9 Å². The number of nitrogens with zero attached hydrogens (tertiary/aromatic N) is 3. The summed E-state index contributed by atoms with van der Waals surface area (Å²) < 4.78 is 19.7. The molecular weight excluding hydrogens is 496 g/mol. The average molecular weight is 523 g/mol. The van der Waals surface area contributed by atoms with Crippen molar-refractivity contribution in [2.45, 2.75) is 20.0 Å². The van der Waals surface area contributed by atoms with Crippen LogP contribution in [-0.4, -0.2) is 31.6 Å². The highest BCUT2D eigenvalue weighted by molar-refractivity contribution is 14.0. The van der Waals surface area contributed by atoms with Gasteiger partial charge in [0.25, 0.3) is 0 Å². The zero-order valence-corrected chi connectivity index (χ0v) is 19.7. The number of nitrogens with one attached hydrogen (secondary N) is 2. The smallest absolute Gasteiger partial charge is 0.226 e. The normalized spacial score (nSPS) is 11.0. The van der Waals surface area contributed by atoms with Crippen LogP contribution in [0.1, 0.15) is 18.2 Å². The molecule has 2 N–H and O–H groups in total. The molecule has 1 aromatic heterocycles. The van der Waals surface area contributed by atoms with Crippen LogP contribution in [0.25, 0.3) is 11.5 Å². The summed E-state index contributed by atoms with van der Waals surface area (Å²) >= 11 is 0. The van der Waals surface area contributed by atoms with Gasteiger partial charge in [-0.05, 0) is 36.8 Å². The van der Waals surface area contributed by atoms with Crippen LogP contribution in [0.2, 0.25) is 0 Å². The van der Waals surface area contributed by atoms with Gasteiger partial charge in [0.05, 0.1) is 24.5 Å². The molecule has 3 rings (SSSR count). The molecule has 0 saturated heterocycles. The Labute approximate surface area is 193 Å². The summed E-state index contributed by atoms with van der Waals surface area (Å²) in [5.74, 6) is 0.964. The lowest BCUT2D eigenvalue weighted by Gasteiger charge is -2.14. The van der Waals surface area contributed by atoms with Crippen molar-refractivity contribution in [3.63, 3.8) is 0 Å². The van der Waals surface area contributed by atoms with Gasteiger partial charge in [0.1, 0.15) is 12.1 Å².